The quantitative estimate of drug-likeness (QED) is 0.621. The molecule has 1 spiro atoms. The maximum absolute atomic E-state index is 12.8. The second kappa shape index (κ2) is 10.8. The molecule has 9 nitrogen and oxygen atoms in total. The van der Waals surface area contributed by atoms with E-state index in [0.29, 0.717) is 43.3 Å². The number of nitrogens with zero attached hydrogens (tertiary/aromatic N) is 3. The lowest BCUT2D eigenvalue weighted by Gasteiger charge is -2.55. The minimum Gasteiger partial charge on any atom is -0.475 e. The van der Waals surface area contributed by atoms with Gasteiger partial charge in [0.15, 0.2) is 0 Å². The fourth-order valence-electron chi connectivity index (χ4n) is 4.22. The summed E-state index contributed by atoms with van der Waals surface area (Å²) in [5, 5.41) is 19.2. The van der Waals surface area contributed by atoms with Crippen LogP contribution in [-0.2, 0) is 14.3 Å². The molecule has 0 aromatic heterocycles. The summed E-state index contributed by atoms with van der Waals surface area (Å²) in [6.45, 7) is 6.90. The number of amides is 2. The highest BCUT2D eigenvalue weighted by Gasteiger charge is 2.52. The van der Waals surface area contributed by atoms with E-state index in [9.17, 15) is 22.8 Å². The number of carboxylic acid groups (broad SMARTS) is 1. The number of rotatable bonds is 5. The van der Waals surface area contributed by atoms with Crippen LogP contribution in [-0.4, -0.2) is 89.3 Å². The van der Waals surface area contributed by atoms with Crippen LogP contribution < -0.4 is 5.32 Å². The summed E-state index contributed by atoms with van der Waals surface area (Å²) < 4.78 is 37.9. The molecule has 1 aromatic rings. The van der Waals surface area contributed by atoms with Gasteiger partial charge < -0.3 is 20.1 Å². The maximum Gasteiger partial charge on any atom is 0.490 e. The Balaban J connectivity index is 0.000000454. The highest BCUT2D eigenvalue weighted by molar-refractivity contribution is 5.95. The van der Waals surface area contributed by atoms with Crippen LogP contribution in [0.3, 0.4) is 0 Å². The van der Waals surface area contributed by atoms with Gasteiger partial charge in [0.2, 0.25) is 5.91 Å². The van der Waals surface area contributed by atoms with Crippen molar-refractivity contribution in [2.24, 2.45) is 5.92 Å². The van der Waals surface area contributed by atoms with Crippen molar-refractivity contribution in [3.05, 3.63) is 35.4 Å². The zero-order valence-corrected chi connectivity index (χ0v) is 20.0. The molecule has 2 heterocycles. The van der Waals surface area contributed by atoms with Gasteiger partial charge in [0.1, 0.15) is 11.6 Å². The van der Waals surface area contributed by atoms with Crippen LogP contribution in [0.15, 0.2) is 24.3 Å². The molecular formula is C24H29F3N4O5. The number of hydrogen-bond acceptors (Lipinski definition) is 6. The summed E-state index contributed by atoms with van der Waals surface area (Å²) in [7, 11) is 0. The van der Waals surface area contributed by atoms with Crippen molar-refractivity contribution in [3.63, 3.8) is 0 Å². The van der Waals surface area contributed by atoms with Gasteiger partial charge >= 0.3 is 12.1 Å². The average molecular weight is 511 g/mol. The predicted molar refractivity (Wildman–Crippen MR) is 121 cm³/mol. The topological polar surface area (TPSA) is 123 Å². The molecule has 3 fully saturated rings. The molecule has 2 aliphatic heterocycles. The Hall–Kier alpha value is -3.17. The van der Waals surface area contributed by atoms with Crippen molar-refractivity contribution in [1.82, 2.24) is 15.1 Å². The van der Waals surface area contributed by atoms with E-state index < -0.39 is 17.7 Å². The molecule has 2 saturated heterocycles. The molecule has 1 saturated carbocycles. The molecule has 2 amide bonds. The standard InChI is InChI=1S/C22H28N4O3.C2HF3O2/c1-15(2)24-20(27)19-11-29-22(12-25(19)10-16-6-7-16)13-26(14-22)21(28)18-5-3-4-17(8-18)9-23;3-2(4,5)1(6)7/h3-5,8,15-16,19H,6-7,10-14H2,1-2H3,(H,24,27);(H,6,7). The molecule has 36 heavy (non-hydrogen) atoms. The van der Waals surface area contributed by atoms with Crippen LogP contribution in [0, 0.1) is 17.2 Å². The molecule has 4 rings (SSSR count). The van der Waals surface area contributed by atoms with Gasteiger partial charge in [-0.25, -0.2) is 4.79 Å². The van der Waals surface area contributed by atoms with Crippen LogP contribution >= 0.6 is 0 Å². The smallest absolute Gasteiger partial charge is 0.475 e. The maximum atomic E-state index is 12.8. The number of hydrogen-bond donors (Lipinski definition) is 2. The number of ether oxygens (including phenoxy) is 1. The number of carbonyl (C=O) groups is 3. The van der Waals surface area contributed by atoms with Gasteiger partial charge in [-0.2, -0.15) is 18.4 Å². The number of nitrogens with one attached hydrogen (secondary N) is 1. The number of halogens is 3. The lowest BCUT2D eigenvalue weighted by Crippen LogP contribution is -2.73. The third-order valence-electron chi connectivity index (χ3n) is 6.13. The van der Waals surface area contributed by atoms with E-state index in [4.69, 9.17) is 19.9 Å². The highest BCUT2D eigenvalue weighted by atomic mass is 19.4. The third-order valence-corrected chi connectivity index (χ3v) is 6.13. The molecule has 1 unspecified atom stereocenters. The molecule has 0 bridgehead atoms. The summed E-state index contributed by atoms with van der Waals surface area (Å²) in [6.07, 6.45) is -2.63. The lowest BCUT2D eigenvalue weighted by molar-refractivity contribution is -0.193. The minimum absolute atomic E-state index is 0.0241. The monoisotopic (exact) mass is 510 g/mol. The van der Waals surface area contributed by atoms with Crippen molar-refractivity contribution >= 4 is 17.8 Å². The lowest BCUT2D eigenvalue weighted by atomic mass is 9.89. The second-order valence-electron chi connectivity index (χ2n) is 9.70. The van der Waals surface area contributed by atoms with E-state index >= 15 is 0 Å². The van der Waals surface area contributed by atoms with Gasteiger partial charge in [0.05, 0.1) is 31.3 Å². The van der Waals surface area contributed by atoms with Crippen LogP contribution in [0.25, 0.3) is 0 Å². The van der Waals surface area contributed by atoms with Gasteiger partial charge in [-0.1, -0.05) is 6.07 Å². The molecule has 0 radical (unpaired) electrons. The molecule has 1 aromatic carbocycles. The fraction of sp³-hybridized carbons (Fsp3) is 0.583. The number of carbonyl (C=O) groups excluding carboxylic acids is 2. The Kier molecular flexibility index (Phi) is 8.26. The Morgan fingerprint density at radius 3 is 2.42 bits per heavy atom. The number of likely N-dealkylation sites (tertiary alicyclic amines) is 1. The number of carboxylic acids is 1. The fourth-order valence-corrected chi connectivity index (χ4v) is 4.22. The van der Waals surface area contributed by atoms with Crippen molar-refractivity contribution in [2.45, 2.75) is 50.6 Å². The normalized spacial score (nSPS) is 21.1. The largest absolute Gasteiger partial charge is 0.490 e. The van der Waals surface area contributed by atoms with Crippen molar-refractivity contribution in [1.29, 1.82) is 5.26 Å². The number of nitriles is 1. The molecular weight excluding hydrogens is 481 g/mol. The summed E-state index contributed by atoms with van der Waals surface area (Å²) in [4.78, 5) is 38.3. The van der Waals surface area contributed by atoms with Crippen molar-refractivity contribution in [2.75, 3.05) is 32.8 Å². The van der Waals surface area contributed by atoms with Crippen molar-refractivity contribution < 1.29 is 37.4 Å². The Morgan fingerprint density at radius 1 is 1.25 bits per heavy atom. The third kappa shape index (κ3) is 6.95. The minimum atomic E-state index is -5.08. The SMILES string of the molecule is CC(C)NC(=O)C1COC2(CN(C(=O)c3cccc(C#N)c3)C2)CN1CC1CC1.O=C(O)C(F)(F)F. The van der Waals surface area contributed by atoms with E-state index in [-0.39, 0.29) is 23.9 Å². The average Bonchev–Trinajstić information content (AvgIpc) is 3.60. The van der Waals surface area contributed by atoms with E-state index in [0.717, 1.165) is 6.54 Å². The van der Waals surface area contributed by atoms with E-state index in [1.54, 1.807) is 29.2 Å². The number of aliphatic carboxylic acids is 1. The molecule has 3 aliphatic rings. The molecule has 12 heteroatoms. The van der Waals surface area contributed by atoms with E-state index in [1.165, 1.54) is 12.8 Å². The Morgan fingerprint density at radius 2 is 1.89 bits per heavy atom. The predicted octanol–water partition coefficient (Wildman–Crippen LogP) is 2.02. The van der Waals surface area contributed by atoms with E-state index in [2.05, 4.69) is 16.3 Å². The van der Waals surface area contributed by atoms with Crippen LogP contribution in [0.1, 0.15) is 42.6 Å². The van der Waals surface area contributed by atoms with Crippen LogP contribution in [0.5, 0.6) is 0 Å². The zero-order chi connectivity index (χ0) is 26.7. The molecule has 2 N–H and O–H groups in total. The first kappa shape index (κ1) is 27.4. The number of benzene rings is 1. The number of alkyl halides is 3. The van der Waals surface area contributed by atoms with Gasteiger partial charge in [-0.3, -0.25) is 14.5 Å². The van der Waals surface area contributed by atoms with Crippen molar-refractivity contribution in [3.8, 4) is 6.07 Å². The summed E-state index contributed by atoms with van der Waals surface area (Å²) in [5.41, 5.74) is 0.611. The van der Waals surface area contributed by atoms with Gasteiger partial charge in [0, 0.05) is 24.7 Å². The zero-order valence-electron chi connectivity index (χ0n) is 20.0. The second-order valence-corrected chi connectivity index (χ2v) is 9.70. The molecule has 196 valence electrons. The number of morpholine rings is 1. The first-order valence-corrected chi connectivity index (χ1v) is 11.6. The summed E-state index contributed by atoms with van der Waals surface area (Å²) >= 11 is 0. The van der Waals surface area contributed by atoms with Gasteiger partial charge in [-0.15, -0.1) is 0 Å². The van der Waals surface area contributed by atoms with Gasteiger partial charge in [0.25, 0.3) is 5.91 Å². The highest BCUT2D eigenvalue weighted by Crippen LogP contribution is 2.36. The van der Waals surface area contributed by atoms with Crippen LogP contribution in [0.2, 0.25) is 0 Å². The Bertz CT molecular complexity index is 1030. The Labute approximate surface area is 206 Å². The van der Waals surface area contributed by atoms with Gasteiger partial charge in [-0.05, 0) is 50.8 Å². The first-order chi connectivity index (χ1) is 16.8. The summed E-state index contributed by atoms with van der Waals surface area (Å²) in [5.74, 6) is -2.14. The molecule has 1 aliphatic carbocycles. The molecule has 1 atom stereocenters. The van der Waals surface area contributed by atoms with Crippen LogP contribution in [0.4, 0.5) is 13.2 Å². The van der Waals surface area contributed by atoms with E-state index in [1.807, 2.05) is 13.8 Å². The first-order valence-electron chi connectivity index (χ1n) is 11.6. The summed E-state index contributed by atoms with van der Waals surface area (Å²) in [6, 6.07) is 8.69.